The molecule has 0 saturated heterocycles. The Morgan fingerprint density at radius 1 is 1.00 bits per heavy atom. The summed E-state index contributed by atoms with van der Waals surface area (Å²) in [6, 6.07) is 15.3. The molecule has 0 fully saturated rings. The summed E-state index contributed by atoms with van der Waals surface area (Å²) in [6.45, 7) is 2.18. The highest BCUT2D eigenvalue weighted by atomic mass is 16.3. The quantitative estimate of drug-likeness (QED) is 0.801. The minimum atomic E-state index is 0.274. The average molecular weight is 239 g/mol. The molecule has 0 spiro atoms. The molecule has 0 unspecified atom stereocenters. The van der Waals surface area contributed by atoms with Crippen molar-refractivity contribution < 1.29 is 5.11 Å². The zero-order valence-electron chi connectivity index (χ0n) is 10.5. The van der Waals surface area contributed by atoms with Gasteiger partial charge in [-0.2, -0.15) is 0 Å². The van der Waals surface area contributed by atoms with Gasteiger partial charge in [0.05, 0.1) is 5.69 Å². The lowest BCUT2D eigenvalue weighted by Crippen LogP contribution is -1.82. The molecule has 92 valence electrons. The van der Waals surface area contributed by atoms with Gasteiger partial charge in [-0.15, -0.1) is 0 Å². The summed E-state index contributed by atoms with van der Waals surface area (Å²) >= 11 is 0. The highest BCUT2D eigenvalue weighted by Gasteiger charge is 1.92. The van der Waals surface area contributed by atoms with Gasteiger partial charge in [0.2, 0.25) is 0 Å². The van der Waals surface area contributed by atoms with Crippen molar-refractivity contribution in [2.24, 2.45) is 4.99 Å². The highest BCUT2D eigenvalue weighted by Crippen LogP contribution is 2.15. The molecular weight excluding hydrogens is 222 g/mol. The molecule has 2 heteroatoms. The second kappa shape index (κ2) is 6.01. The number of aliphatic imine (C=N–C) groups is 1. The smallest absolute Gasteiger partial charge is 0.115 e. The molecule has 2 rings (SSSR count). The Balaban J connectivity index is 2.06. The standard InChI is InChI=1S/C16H17NO/c1-2-3-13-4-8-15(9-5-13)17-12-14-6-10-16(18)11-7-14/h4-12,18H,2-3H2,1H3. The van der Waals surface area contributed by atoms with Crippen molar-refractivity contribution in [3.63, 3.8) is 0 Å². The molecule has 0 aliphatic heterocycles. The van der Waals surface area contributed by atoms with Gasteiger partial charge in [0.15, 0.2) is 0 Å². The van der Waals surface area contributed by atoms with Crippen molar-refractivity contribution in [3.8, 4) is 5.75 Å². The van der Waals surface area contributed by atoms with Gasteiger partial charge in [0, 0.05) is 6.21 Å². The number of hydrogen-bond acceptors (Lipinski definition) is 2. The van der Waals surface area contributed by atoms with E-state index in [0.717, 1.165) is 24.1 Å². The topological polar surface area (TPSA) is 32.6 Å². The first-order chi connectivity index (χ1) is 8.78. The van der Waals surface area contributed by atoms with Gasteiger partial charge in [0.1, 0.15) is 5.75 Å². The molecule has 0 heterocycles. The van der Waals surface area contributed by atoms with Gasteiger partial charge < -0.3 is 5.11 Å². The lowest BCUT2D eigenvalue weighted by Gasteiger charge is -1.99. The van der Waals surface area contributed by atoms with Crippen molar-refractivity contribution >= 4 is 11.9 Å². The SMILES string of the molecule is CCCc1ccc(N=Cc2ccc(O)cc2)cc1. The van der Waals surface area contributed by atoms with Crippen LogP contribution in [0.1, 0.15) is 24.5 Å². The largest absolute Gasteiger partial charge is 0.508 e. The molecule has 1 N–H and O–H groups in total. The number of phenolic OH excluding ortho intramolecular Hbond substituents is 1. The normalized spacial score (nSPS) is 10.9. The number of benzene rings is 2. The number of aryl methyl sites for hydroxylation is 1. The zero-order valence-corrected chi connectivity index (χ0v) is 10.5. The molecule has 0 aliphatic carbocycles. The third kappa shape index (κ3) is 3.45. The second-order valence-electron chi connectivity index (χ2n) is 4.27. The van der Waals surface area contributed by atoms with Crippen molar-refractivity contribution in [2.75, 3.05) is 0 Å². The van der Waals surface area contributed by atoms with Gasteiger partial charge in [-0.25, -0.2) is 0 Å². The van der Waals surface area contributed by atoms with Crippen LogP contribution in [0.25, 0.3) is 0 Å². The highest BCUT2D eigenvalue weighted by molar-refractivity contribution is 5.82. The Morgan fingerprint density at radius 3 is 2.28 bits per heavy atom. The van der Waals surface area contributed by atoms with E-state index < -0.39 is 0 Å². The van der Waals surface area contributed by atoms with E-state index in [9.17, 15) is 5.11 Å². The lowest BCUT2D eigenvalue weighted by molar-refractivity contribution is 0.475. The average Bonchev–Trinajstić information content (AvgIpc) is 2.40. The van der Waals surface area contributed by atoms with E-state index in [1.807, 2.05) is 24.3 Å². The minimum Gasteiger partial charge on any atom is -0.508 e. The van der Waals surface area contributed by atoms with Crippen LogP contribution in [0.5, 0.6) is 5.75 Å². The van der Waals surface area contributed by atoms with Crippen LogP contribution in [-0.2, 0) is 6.42 Å². The van der Waals surface area contributed by atoms with Crippen LogP contribution in [0.4, 0.5) is 5.69 Å². The molecule has 0 saturated carbocycles. The molecule has 2 nitrogen and oxygen atoms in total. The number of hydrogen-bond donors (Lipinski definition) is 1. The second-order valence-corrected chi connectivity index (χ2v) is 4.27. The van der Waals surface area contributed by atoms with Gasteiger partial charge in [0.25, 0.3) is 0 Å². The molecule has 0 bridgehead atoms. The Bertz CT molecular complexity index is 512. The number of nitrogens with zero attached hydrogens (tertiary/aromatic N) is 1. The van der Waals surface area contributed by atoms with Crippen molar-refractivity contribution in [1.29, 1.82) is 0 Å². The van der Waals surface area contributed by atoms with Crippen LogP contribution < -0.4 is 0 Å². The molecule has 0 radical (unpaired) electrons. The summed E-state index contributed by atoms with van der Waals surface area (Å²) < 4.78 is 0. The van der Waals surface area contributed by atoms with Crippen LogP contribution in [0.15, 0.2) is 53.5 Å². The van der Waals surface area contributed by atoms with Crippen LogP contribution in [0.3, 0.4) is 0 Å². The number of aromatic hydroxyl groups is 1. The molecule has 0 aliphatic rings. The van der Waals surface area contributed by atoms with Crippen molar-refractivity contribution in [3.05, 3.63) is 59.7 Å². The summed E-state index contributed by atoms with van der Waals surface area (Å²) in [4.78, 5) is 4.40. The maximum Gasteiger partial charge on any atom is 0.115 e. The van der Waals surface area contributed by atoms with Gasteiger partial charge in [-0.05, 0) is 53.9 Å². The first-order valence-corrected chi connectivity index (χ1v) is 6.20. The summed E-state index contributed by atoms with van der Waals surface area (Å²) in [5, 5.41) is 9.18. The fourth-order valence-electron chi connectivity index (χ4n) is 1.75. The van der Waals surface area contributed by atoms with E-state index in [1.165, 1.54) is 5.56 Å². The summed E-state index contributed by atoms with van der Waals surface area (Å²) in [6.07, 6.45) is 4.08. The first kappa shape index (κ1) is 12.4. The lowest BCUT2D eigenvalue weighted by atomic mass is 10.1. The van der Waals surface area contributed by atoms with Crippen molar-refractivity contribution in [2.45, 2.75) is 19.8 Å². The number of phenols is 1. The Labute approximate surface area is 108 Å². The van der Waals surface area contributed by atoms with E-state index in [0.29, 0.717) is 0 Å². The Hall–Kier alpha value is -2.09. The molecule has 2 aromatic rings. The van der Waals surface area contributed by atoms with Gasteiger partial charge in [-0.1, -0.05) is 25.5 Å². The van der Waals surface area contributed by atoms with Crippen molar-refractivity contribution in [1.82, 2.24) is 0 Å². The molecular formula is C16H17NO. The van der Waals surface area contributed by atoms with Gasteiger partial charge in [-0.3, -0.25) is 4.99 Å². The fourth-order valence-corrected chi connectivity index (χ4v) is 1.75. The van der Waals surface area contributed by atoms with E-state index in [1.54, 1.807) is 18.3 Å². The van der Waals surface area contributed by atoms with E-state index >= 15 is 0 Å². The fraction of sp³-hybridized carbons (Fsp3) is 0.188. The van der Waals surface area contributed by atoms with Crippen LogP contribution in [0.2, 0.25) is 0 Å². The molecule has 2 aromatic carbocycles. The maximum atomic E-state index is 9.18. The third-order valence-electron chi connectivity index (χ3n) is 2.73. The summed E-state index contributed by atoms with van der Waals surface area (Å²) in [5.74, 6) is 0.274. The van der Waals surface area contributed by atoms with Crippen LogP contribution in [0, 0.1) is 0 Å². The molecule has 0 aromatic heterocycles. The third-order valence-corrected chi connectivity index (χ3v) is 2.73. The molecule has 0 atom stereocenters. The first-order valence-electron chi connectivity index (χ1n) is 6.20. The summed E-state index contributed by atoms with van der Waals surface area (Å²) in [5.41, 5.74) is 3.27. The van der Waals surface area contributed by atoms with E-state index in [4.69, 9.17) is 0 Å². The predicted molar refractivity (Wildman–Crippen MR) is 75.8 cm³/mol. The Kier molecular flexibility index (Phi) is 4.13. The maximum absolute atomic E-state index is 9.18. The molecule has 18 heavy (non-hydrogen) atoms. The van der Waals surface area contributed by atoms with Gasteiger partial charge >= 0.3 is 0 Å². The number of rotatable bonds is 4. The van der Waals surface area contributed by atoms with Crippen LogP contribution in [-0.4, -0.2) is 11.3 Å². The Morgan fingerprint density at radius 2 is 1.67 bits per heavy atom. The zero-order chi connectivity index (χ0) is 12.8. The monoisotopic (exact) mass is 239 g/mol. The predicted octanol–water partition coefficient (Wildman–Crippen LogP) is 4.10. The van der Waals surface area contributed by atoms with E-state index in [-0.39, 0.29) is 5.75 Å². The molecule has 0 amide bonds. The minimum absolute atomic E-state index is 0.274. The van der Waals surface area contributed by atoms with E-state index in [2.05, 4.69) is 24.0 Å². The summed E-state index contributed by atoms with van der Waals surface area (Å²) in [7, 11) is 0. The van der Waals surface area contributed by atoms with Crippen LogP contribution >= 0.6 is 0 Å².